The van der Waals surface area contributed by atoms with Gasteiger partial charge < -0.3 is 19.5 Å². The number of benzene rings is 2. The van der Waals surface area contributed by atoms with E-state index in [2.05, 4.69) is 0 Å². The third-order valence-corrected chi connectivity index (χ3v) is 3.79. The summed E-state index contributed by atoms with van der Waals surface area (Å²) < 4.78 is 7.74. The standard InChI is InChI=1S/C18H17NO4/c1-2-19-10-12(11-23-14-8-6-13(20)7-9-14)17-15(18(21)22)4-3-5-16(17)19/h3-10,20H,2,11H2,1H3,(H,21,22). The van der Waals surface area contributed by atoms with E-state index < -0.39 is 5.97 Å². The van der Waals surface area contributed by atoms with Gasteiger partial charge in [-0.15, -0.1) is 0 Å². The summed E-state index contributed by atoms with van der Waals surface area (Å²) in [6.45, 7) is 3.02. The topological polar surface area (TPSA) is 71.7 Å². The van der Waals surface area contributed by atoms with Gasteiger partial charge in [0.25, 0.3) is 0 Å². The number of hydrogen-bond acceptors (Lipinski definition) is 3. The Hall–Kier alpha value is -2.95. The van der Waals surface area contributed by atoms with Crippen molar-refractivity contribution in [2.24, 2.45) is 0 Å². The number of aryl methyl sites for hydroxylation is 1. The number of nitrogens with zero attached hydrogens (tertiary/aromatic N) is 1. The largest absolute Gasteiger partial charge is 0.508 e. The molecule has 3 aromatic rings. The molecular formula is C18H17NO4. The van der Waals surface area contributed by atoms with Gasteiger partial charge in [0.15, 0.2) is 0 Å². The average molecular weight is 311 g/mol. The second kappa shape index (κ2) is 6.04. The van der Waals surface area contributed by atoms with Crippen molar-refractivity contribution in [2.75, 3.05) is 0 Å². The minimum Gasteiger partial charge on any atom is -0.508 e. The van der Waals surface area contributed by atoms with Crippen LogP contribution >= 0.6 is 0 Å². The molecule has 0 bridgehead atoms. The second-order valence-corrected chi connectivity index (χ2v) is 5.23. The average Bonchev–Trinajstić information content (AvgIpc) is 2.92. The number of rotatable bonds is 5. The number of aromatic carboxylic acids is 1. The van der Waals surface area contributed by atoms with Gasteiger partial charge in [0.05, 0.1) is 5.56 Å². The summed E-state index contributed by atoms with van der Waals surface area (Å²) in [5.41, 5.74) is 1.99. The minimum atomic E-state index is -0.949. The highest BCUT2D eigenvalue weighted by Crippen LogP contribution is 2.27. The molecular weight excluding hydrogens is 294 g/mol. The smallest absolute Gasteiger partial charge is 0.336 e. The first-order valence-corrected chi connectivity index (χ1v) is 7.36. The molecule has 23 heavy (non-hydrogen) atoms. The summed E-state index contributed by atoms with van der Waals surface area (Å²) in [6.07, 6.45) is 1.93. The van der Waals surface area contributed by atoms with Gasteiger partial charge in [-0.25, -0.2) is 4.79 Å². The second-order valence-electron chi connectivity index (χ2n) is 5.23. The number of ether oxygens (including phenoxy) is 1. The van der Waals surface area contributed by atoms with Crippen molar-refractivity contribution in [1.29, 1.82) is 0 Å². The summed E-state index contributed by atoms with van der Waals surface area (Å²) in [7, 11) is 0. The van der Waals surface area contributed by atoms with Crippen LogP contribution in [0.3, 0.4) is 0 Å². The predicted molar refractivity (Wildman–Crippen MR) is 87.0 cm³/mol. The van der Waals surface area contributed by atoms with E-state index in [1.807, 2.05) is 23.8 Å². The van der Waals surface area contributed by atoms with Gasteiger partial charge in [0.2, 0.25) is 0 Å². The molecule has 0 aliphatic heterocycles. The normalized spacial score (nSPS) is 10.8. The van der Waals surface area contributed by atoms with Crippen LogP contribution in [0.2, 0.25) is 0 Å². The number of aromatic nitrogens is 1. The number of aromatic hydroxyl groups is 1. The molecule has 118 valence electrons. The van der Waals surface area contributed by atoms with Crippen molar-refractivity contribution in [1.82, 2.24) is 4.57 Å². The van der Waals surface area contributed by atoms with E-state index in [1.165, 1.54) is 0 Å². The van der Waals surface area contributed by atoms with Crippen LogP contribution in [0, 0.1) is 0 Å². The van der Waals surface area contributed by atoms with Gasteiger partial charge in [-0.1, -0.05) is 6.07 Å². The number of phenolic OH excluding ortho intramolecular Hbond substituents is 1. The predicted octanol–water partition coefficient (Wildman–Crippen LogP) is 3.64. The van der Waals surface area contributed by atoms with E-state index in [0.717, 1.165) is 17.6 Å². The summed E-state index contributed by atoms with van der Waals surface area (Å²) in [6, 6.07) is 11.7. The fourth-order valence-electron chi connectivity index (χ4n) is 2.69. The number of carboxylic acid groups (broad SMARTS) is 1. The third kappa shape index (κ3) is 2.85. The van der Waals surface area contributed by atoms with Crippen LogP contribution in [0.25, 0.3) is 10.9 Å². The highest BCUT2D eigenvalue weighted by Gasteiger charge is 2.16. The lowest BCUT2D eigenvalue weighted by atomic mass is 10.1. The zero-order valence-corrected chi connectivity index (χ0v) is 12.7. The van der Waals surface area contributed by atoms with Crippen LogP contribution in [0.5, 0.6) is 11.5 Å². The van der Waals surface area contributed by atoms with Crippen molar-refractivity contribution >= 4 is 16.9 Å². The van der Waals surface area contributed by atoms with E-state index in [4.69, 9.17) is 4.74 Å². The van der Waals surface area contributed by atoms with Crippen molar-refractivity contribution in [3.8, 4) is 11.5 Å². The van der Waals surface area contributed by atoms with E-state index in [9.17, 15) is 15.0 Å². The van der Waals surface area contributed by atoms with Crippen molar-refractivity contribution < 1.29 is 19.7 Å². The highest BCUT2D eigenvalue weighted by molar-refractivity contribution is 6.04. The van der Waals surface area contributed by atoms with Gasteiger partial charge in [-0.2, -0.15) is 0 Å². The van der Waals surface area contributed by atoms with Gasteiger partial charge in [-0.05, 0) is 43.3 Å². The lowest BCUT2D eigenvalue weighted by molar-refractivity contribution is 0.0699. The number of phenols is 1. The van der Waals surface area contributed by atoms with Crippen LogP contribution in [0.15, 0.2) is 48.7 Å². The fraction of sp³-hybridized carbons (Fsp3) is 0.167. The van der Waals surface area contributed by atoms with Gasteiger partial charge >= 0.3 is 5.97 Å². The van der Waals surface area contributed by atoms with Crippen molar-refractivity contribution in [2.45, 2.75) is 20.1 Å². The maximum atomic E-state index is 11.5. The minimum absolute atomic E-state index is 0.174. The summed E-state index contributed by atoms with van der Waals surface area (Å²) >= 11 is 0. The van der Waals surface area contributed by atoms with Crippen LogP contribution in [0.1, 0.15) is 22.8 Å². The van der Waals surface area contributed by atoms with Crippen molar-refractivity contribution in [3.63, 3.8) is 0 Å². The van der Waals surface area contributed by atoms with E-state index >= 15 is 0 Å². The SMILES string of the molecule is CCn1cc(COc2ccc(O)cc2)c2c(C(=O)O)cccc21. The Morgan fingerprint density at radius 3 is 2.57 bits per heavy atom. The first-order valence-electron chi connectivity index (χ1n) is 7.36. The first kappa shape index (κ1) is 15.0. The van der Waals surface area contributed by atoms with Crippen LogP contribution in [0.4, 0.5) is 0 Å². The molecule has 0 unspecified atom stereocenters. The molecule has 0 saturated heterocycles. The Morgan fingerprint density at radius 2 is 1.91 bits per heavy atom. The van der Waals surface area contributed by atoms with Gasteiger partial charge in [0, 0.05) is 29.2 Å². The van der Waals surface area contributed by atoms with Crippen LogP contribution in [-0.4, -0.2) is 20.7 Å². The molecule has 0 amide bonds. The maximum Gasteiger partial charge on any atom is 0.336 e. The molecule has 5 heteroatoms. The molecule has 2 N–H and O–H groups in total. The Bertz CT molecular complexity index is 849. The Labute approximate surface area is 133 Å². The zero-order chi connectivity index (χ0) is 16.4. The molecule has 0 atom stereocenters. The van der Waals surface area contributed by atoms with E-state index in [-0.39, 0.29) is 17.9 Å². The van der Waals surface area contributed by atoms with Crippen molar-refractivity contribution in [3.05, 3.63) is 59.8 Å². The Kier molecular flexibility index (Phi) is 3.93. The lowest BCUT2D eigenvalue weighted by Crippen LogP contribution is -2.00. The molecule has 1 heterocycles. The molecule has 0 saturated carbocycles. The van der Waals surface area contributed by atoms with Crippen LogP contribution < -0.4 is 4.74 Å². The lowest BCUT2D eigenvalue weighted by Gasteiger charge is -2.06. The molecule has 0 spiro atoms. The third-order valence-electron chi connectivity index (χ3n) is 3.79. The molecule has 1 aromatic heterocycles. The molecule has 0 radical (unpaired) electrons. The van der Waals surface area contributed by atoms with Gasteiger partial charge in [-0.3, -0.25) is 0 Å². The molecule has 3 rings (SSSR count). The van der Waals surface area contributed by atoms with E-state index in [1.54, 1.807) is 36.4 Å². The summed E-state index contributed by atoms with van der Waals surface area (Å²) in [5, 5.41) is 19.4. The monoisotopic (exact) mass is 311 g/mol. The summed E-state index contributed by atoms with van der Waals surface area (Å²) in [4.78, 5) is 11.5. The molecule has 0 fully saturated rings. The fourth-order valence-corrected chi connectivity index (χ4v) is 2.69. The number of carbonyl (C=O) groups is 1. The molecule has 0 aliphatic rings. The highest BCUT2D eigenvalue weighted by atomic mass is 16.5. The number of fused-ring (bicyclic) bond motifs is 1. The Balaban J connectivity index is 1.99. The number of carboxylic acids is 1. The molecule has 5 nitrogen and oxygen atoms in total. The molecule has 2 aromatic carbocycles. The van der Waals surface area contributed by atoms with E-state index in [0.29, 0.717) is 11.1 Å². The quantitative estimate of drug-likeness (QED) is 0.754. The Morgan fingerprint density at radius 1 is 1.17 bits per heavy atom. The summed E-state index contributed by atoms with van der Waals surface area (Å²) in [5.74, 6) is -0.156. The maximum absolute atomic E-state index is 11.5. The first-order chi connectivity index (χ1) is 11.1. The van der Waals surface area contributed by atoms with Crippen LogP contribution in [-0.2, 0) is 13.2 Å². The molecule has 0 aliphatic carbocycles. The number of hydrogen-bond donors (Lipinski definition) is 2. The zero-order valence-electron chi connectivity index (χ0n) is 12.7. The van der Waals surface area contributed by atoms with Gasteiger partial charge in [0.1, 0.15) is 18.1 Å².